The van der Waals surface area contributed by atoms with Crippen molar-refractivity contribution in [2.45, 2.75) is 46.6 Å². The largest absolute Gasteiger partial charge is 0.371 e. The number of aromatic nitrogens is 1. The first-order chi connectivity index (χ1) is 18.3. The monoisotopic (exact) mass is 548 g/mol. The lowest BCUT2D eigenvalue weighted by atomic mass is 9.94. The number of thiazole rings is 1. The third-order valence-electron chi connectivity index (χ3n) is 7.45. The molecule has 3 aromatic rings. The van der Waals surface area contributed by atoms with E-state index in [1.165, 1.54) is 35.4 Å². The summed E-state index contributed by atoms with van der Waals surface area (Å²) in [7, 11) is 0. The molecule has 6 nitrogen and oxygen atoms in total. The third kappa shape index (κ3) is 4.85. The van der Waals surface area contributed by atoms with Crippen molar-refractivity contribution in [1.29, 1.82) is 0 Å². The number of fused-ring (bicyclic) bond motifs is 1. The van der Waals surface area contributed by atoms with Gasteiger partial charge in [0.05, 0.1) is 21.8 Å². The van der Waals surface area contributed by atoms with Gasteiger partial charge in [-0.25, -0.2) is 4.99 Å². The Labute approximate surface area is 232 Å². The van der Waals surface area contributed by atoms with E-state index in [-0.39, 0.29) is 11.5 Å². The molecule has 8 heteroatoms. The number of allylic oxidation sites excluding steroid dienone is 1. The maximum Gasteiger partial charge on any atom is 0.271 e. The molecule has 1 saturated heterocycles. The minimum absolute atomic E-state index is 0.0985. The van der Waals surface area contributed by atoms with E-state index < -0.39 is 6.04 Å². The Morgan fingerprint density at radius 2 is 1.79 bits per heavy atom. The molecule has 38 heavy (non-hydrogen) atoms. The van der Waals surface area contributed by atoms with Crippen LogP contribution in [0.4, 0.5) is 5.69 Å². The third-order valence-corrected chi connectivity index (χ3v) is 8.69. The highest BCUT2D eigenvalue weighted by Crippen LogP contribution is 2.32. The fraction of sp³-hybridized carbons (Fsp3) is 0.367. The Kier molecular flexibility index (Phi) is 7.59. The van der Waals surface area contributed by atoms with Gasteiger partial charge in [-0.2, -0.15) is 0 Å². The van der Waals surface area contributed by atoms with Crippen LogP contribution in [-0.4, -0.2) is 41.6 Å². The van der Waals surface area contributed by atoms with Crippen LogP contribution in [0.5, 0.6) is 0 Å². The molecule has 2 aliphatic rings. The Bertz CT molecular complexity index is 1580. The van der Waals surface area contributed by atoms with Crippen molar-refractivity contribution < 1.29 is 4.79 Å². The molecule has 0 spiro atoms. The van der Waals surface area contributed by atoms with Crippen molar-refractivity contribution >= 4 is 40.6 Å². The van der Waals surface area contributed by atoms with Gasteiger partial charge in [-0.15, -0.1) is 0 Å². The standard InChI is InChI=1S/C30H33ClN4O2S/c1-5-33(6-2)29(37)26-20(4)32-30-35(27(26)22-10-12-23(31)13-11-22)28(36)25(38-30)18-21-9-14-24(19(3)17-21)34-15-7-8-16-34/h9-14,17-18,27H,5-8,15-16H2,1-4H3/b25-18-/t27-/m1/s1. The summed E-state index contributed by atoms with van der Waals surface area (Å²) < 4.78 is 2.27. The number of rotatable bonds is 6. The maximum atomic E-state index is 13.9. The zero-order valence-corrected chi connectivity index (χ0v) is 23.9. The van der Waals surface area contributed by atoms with Crippen LogP contribution in [0, 0.1) is 6.92 Å². The van der Waals surface area contributed by atoms with Gasteiger partial charge in [0.25, 0.3) is 11.5 Å². The number of amides is 1. The van der Waals surface area contributed by atoms with Gasteiger partial charge in [-0.05, 0) is 87.6 Å². The lowest BCUT2D eigenvalue weighted by Crippen LogP contribution is -2.43. The molecule has 1 atom stereocenters. The molecular weight excluding hydrogens is 516 g/mol. The molecule has 2 aliphatic heterocycles. The molecule has 2 aromatic carbocycles. The summed E-state index contributed by atoms with van der Waals surface area (Å²) in [6.45, 7) is 11.3. The predicted octanol–water partition coefficient (Wildman–Crippen LogP) is 4.67. The number of hydrogen-bond acceptors (Lipinski definition) is 5. The number of carbonyl (C=O) groups is 1. The average Bonchev–Trinajstić information content (AvgIpc) is 3.53. The molecule has 0 radical (unpaired) electrons. The summed E-state index contributed by atoms with van der Waals surface area (Å²) in [6.07, 6.45) is 4.40. The first-order valence-electron chi connectivity index (χ1n) is 13.2. The van der Waals surface area contributed by atoms with E-state index in [9.17, 15) is 9.59 Å². The van der Waals surface area contributed by atoms with Crippen LogP contribution < -0.4 is 19.8 Å². The van der Waals surface area contributed by atoms with E-state index in [1.807, 2.05) is 39.0 Å². The number of nitrogens with zero attached hydrogens (tertiary/aromatic N) is 4. The topological polar surface area (TPSA) is 57.9 Å². The highest BCUT2D eigenvalue weighted by atomic mass is 35.5. The zero-order chi connectivity index (χ0) is 27.0. The molecule has 1 amide bonds. The highest BCUT2D eigenvalue weighted by molar-refractivity contribution is 7.07. The van der Waals surface area contributed by atoms with Gasteiger partial charge in [-0.1, -0.05) is 41.1 Å². The summed E-state index contributed by atoms with van der Waals surface area (Å²) >= 11 is 7.55. The van der Waals surface area contributed by atoms with Crippen LogP contribution >= 0.6 is 22.9 Å². The summed E-state index contributed by atoms with van der Waals surface area (Å²) in [5.74, 6) is -0.0985. The minimum atomic E-state index is -0.571. The van der Waals surface area contributed by atoms with Crippen molar-refractivity contribution in [3.63, 3.8) is 0 Å². The summed E-state index contributed by atoms with van der Waals surface area (Å²) in [4.78, 5) is 37.2. The van der Waals surface area contributed by atoms with Crippen molar-refractivity contribution in [2.24, 2.45) is 4.99 Å². The molecule has 0 bridgehead atoms. The van der Waals surface area contributed by atoms with Crippen LogP contribution in [0.25, 0.3) is 6.08 Å². The molecule has 5 rings (SSSR count). The summed E-state index contributed by atoms with van der Waals surface area (Å²) in [5.41, 5.74) is 5.30. The lowest BCUT2D eigenvalue weighted by Gasteiger charge is -2.29. The number of halogens is 1. The Hall–Kier alpha value is -3.16. The molecule has 0 aliphatic carbocycles. The van der Waals surface area contributed by atoms with Gasteiger partial charge >= 0.3 is 0 Å². The smallest absolute Gasteiger partial charge is 0.271 e. The van der Waals surface area contributed by atoms with E-state index in [4.69, 9.17) is 16.6 Å². The molecule has 0 unspecified atom stereocenters. The number of likely N-dealkylation sites (N-methyl/N-ethyl adjacent to an activating group) is 1. The van der Waals surface area contributed by atoms with E-state index in [0.29, 0.717) is 38.7 Å². The second-order valence-corrected chi connectivity index (χ2v) is 11.3. The SMILES string of the molecule is CCN(CC)C(=O)C1=C(C)N=c2s/c(=C\c3ccc(N4CCCC4)c(C)c3)c(=O)n2[C@@H]1c1ccc(Cl)cc1. The molecule has 0 saturated carbocycles. The molecule has 0 N–H and O–H groups in total. The number of benzene rings is 2. The van der Waals surface area contributed by atoms with E-state index >= 15 is 0 Å². The first kappa shape index (κ1) is 26.4. The van der Waals surface area contributed by atoms with E-state index in [2.05, 4.69) is 30.0 Å². The zero-order valence-electron chi connectivity index (χ0n) is 22.3. The molecule has 1 aromatic heterocycles. The molecule has 3 heterocycles. The number of hydrogen-bond donors (Lipinski definition) is 0. The Morgan fingerprint density at radius 1 is 1.11 bits per heavy atom. The van der Waals surface area contributed by atoms with Crippen LogP contribution in [0.3, 0.4) is 0 Å². The van der Waals surface area contributed by atoms with Crippen LogP contribution in [0.2, 0.25) is 5.02 Å². The lowest BCUT2D eigenvalue weighted by molar-refractivity contribution is -0.127. The quantitative estimate of drug-likeness (QED) is 0.450. The van der Waals surface area contributed by atoms with E-state index in [0.717, 1.165) is 24.2 Å². The van der Waals surface area contributed by atoms with E-state index in [1.54, 1.807) is 21.6 Å². The predicted molar refractivity (Wildman–Crippen MR) is 156 cm³/mol. The minimum Gasteiger partial charge on any atom is -0.371 e. The maximum absolute atomic E-state index is 13.9. The van der Waals surface area contributed by atoms with Gasteiger partial charge in [0.2, 0.25) is 0 Å². The second-order valence-electron chi connectivity index (χ2n) is 9.85. The molecule has 1 fully saturated rings. The van der Waals surface area contributed by atoms with Gasteiger partial charge in [0.15, 0.2) is 4.80 Å². The number of carbonyl (C=O) groups excluding carboxylic acids is 1. The number of anilines is 1. The summed E-state index contributed by atoms with van der Waals surface area (Å²) in [6, 6.07) is 13.2. The summed E-state index contributed by atoms with van der Waals surface area (Å²) in [5, 5.41) is 0.603. The first-order valence-corrected chi connectivity index (χ1v) is 14.4. The van der Waals surface area contributed by atoms with Gasteiger partial charge in [0, 0.05) is 36.9 Å². The van der Waals surface area contributed by atoms with Crippen molar-refractivity contribution in [3.05, 3.63) is 95.1 Å². The van der Waals surface area contributed by atoms with Gasteiger partial charge in [0.1, 0.15) is 0 Å². The van der Waals surface area contributed by atoms with Crippen LogP contribution in [0.15, 0.2) is 63.5 Å². The highest BCUT2D eigenvalue weighted by Gasteiger charge is 2.34. The second kappa shape index (κ2) is 10.9. The van der Waals surface area contributed by atoms with Crippen molar-refractivity contribution in [1.82, 2.24) is 9.47 Å². The van der Waals surface area contributed by atoms with Crippen molar-refractivity contribution in [2.75, 3.05) is 31.1 Å². The number of aryl methyl sites for hydroxylation is 1. The van der Waals surface area contributed by atoms with Gasteiger partial charge in [-0.3, -0.25) is 14.2 Å². The van der Waals surface area contributed by atoms with Gasteiger partial charge < -0.3 is 9.80 Å². The van der Waals surface area contributed by atoms with Crippen LogP contribution in [-0.2, 0) is 4.79 Å². The molecule has 198 valence electrons. The average molecular weight is 549 g/mol. The van der Waals surface area contributed by atoms with Crippen molar-refractivity contribution in [3.8, 4) is 0 Å². The van der Waals surface area contributed by atoms with Crippen LogP contribution in [0.1, 0.15) is 56.3 Å². The fourth-order valence-corrected chi connectivity index (χ4v) is 6.64. The fourth-order valence-electron chi connectivity index (χ4n) is 5.47. The Balaban J connectivity index is 1.63. The molecular formula is C30H33ClN4O2S. The Morgan fingerprint density at radius 3 is 2.42 bits per heavy atom. The normalized spacial score (nSPS) is 17.6.